The molecule has 2 heterocycles. The lowest BCUT2D eigenvalue weighted by atomic mass is 9.90. The molecule has 2 N–H and O–H groups in total. The molecule has 3 rings (SSSR count). The second-order valence-electron chi connectivity index (χ2n) is 6.13. The van der Waals surface area contributed by atoms with Crippen molar-refractivity contribution in [3.63, 3.8) is 0 Å². The molecule has 3 nitrogen and oxygen atoms in total. The van der Waals surface area contributed by atoms with E-state index in [4.69, 9.17) is 0 Å². The number of anilines is 1. The fourth-order valence-corrected chi connectivity index (χ4v) is 3.37. The normalized spacial score (nSPS) is 22.1. The van der Waals surface area contributed by atoms with Crippen molar-refractivity contribution in [1.82, 2.24) is 5.32 Å². The van der Waals surface area contributed by atoms with Crippen LogP contribution < -0.4 is 10.2 Å². The number of benzene rings is 1. The summed E-state index contributed by atoms with van der Waals surface area (Å²) in [5.41, 5.74) is 3.61. The number of hydrogen-bond acceptors (Lipinski definition) is 3. The van der Waals surface area contributed by atoms with Crippen LogP contribution in [0.5, 0.6) is 0 Å². The van der Waals surface area contributed by atoms with E-state index in [1.165, 1.54) is 29.7 Å². The molecule has 0 unspecified atom stereocenters. The minimum atomic E-state index is -0.509. The molecule has 1 aromatic carbocycles. The highest BCUT2D eigenvalue weighted by Gasteiger charge is 2.32. The monoisotopic (exact) mass is 260 g/mol. The van der Waals surface area contributed by atoms with Crippen molar-refractivity contribution in [3.05, 3.63) is 29.3 Å². The first-order valence-corrected chi connectivity index (χ1v) is 7.44. The highest BCUT2D eigenvalue weighted by Crippen LogP contribution is 2.30. The minimum absolute atomic E-state index is 0.509. The van der Waals surface area contributed by atoms with Gasteiger partial charge in [-0.3, -0.25) is 0 Å². The molecule has 19 heavy (non-hydrogen) atoms. The van der Waals surface area contributed by atoms with Gasteiger partial charge in [-0.1, -0.05) is 17.7 Å². The standard InChI is InChI=1S/C16H24N2O/c1-13-4-5-15-14(11-13)3-2-10-18(15)12-16(19)6-8-17-9-7-16/h4-5,11,17,19H,2-3,6-10,12H2,1H3. The van der Waals surface area contributed by atoms with E-state index in [0.717, 1.165) is 39.0 Å². The lowest BCUT2D eigenvalue weighted by molar-refractivity contribution is 0.0171. The maximum absolute atomic E-state index is 10.7. The molecule has 1 aromatic rings. The number of rotatable bonds is 2. The van der Waals surface area contributed by atoms with Gasteiger partial charge >= 0.3 is 0 Å². The van der Waals surface area contributed by atoms with E-state index in [-0.39, 0.29) is 0 Å². The van der Waals surface area contributed by atoms with Gasteiger partial charge in [-0.05, 0) is 57.3 Å². The Morgan fingerprint density at radius 1 is 1.32 bits per heavy atom. The highest BCUT2D eigenvalue weighted by molar-refractivity contribution is 5.57. The van der Waals surface area contributed by atoms with Gasteiger partial charge in [-0.25, -0.2) is 0 Å². The van der Waals surface area contributed by atoms with Crippen molar-refractivity contribution in [2.75, 3.05) is 31.1 Å². The molecule has 0 atom stereocenters. The third-order valence-electron chi connectivity index (χ3n) is 4.47. The van der Waals surface area contributed by atoms with Gasteiger partial charge in [0.05, 0.1) is 5.60 Å². The minimum Gasteiger partial charge on any atom is -0.388 e. The number of fused-ring (bicyclic) bond motifs is 1. The fraction of sp³-hybridized carbons (Fsp3) is 0.625. The van der Waals surface area contributed by atoms with E-state index < -0.39 is 5.60 Å². The average Bonchev–Trinajstić information content (AvgIpc) is 2.39. The van der Waals surface area contributed by atoms with Crippen molar-refractivity contribution in [2.45, 2.75) is 38.2 Å². The molecular weight excluding hydrogens is 236 g/mol. The van der Waals surface area contributed by atoms with E-state index in [2.05, 4.69) is 35.3 Å². The zero-order valence-electron chi connectivity index (χ0n) is 11.8. The zero-order valence-corrected chi connectivity index (χ0v) is 11.8. The van der Waals surface area contributed by atoms with Crippen LogP contribution in [-0.2, 0) is 6.42 Å². The second kappa shape index (κ2) is 5.14. The number of nitrogens with one attached hydrogen (secondary N) is 1. The molecule has 2 aliphatic rings. The van der Waals surface area contributed by atoms with Crippen molar-refractivity contribution in [3.8, 4) is 0 Å². The van der Waals surface area contributed by atoms with Crippen LogP contribution in [0.25, 0.3) is 0 Å². The van der Waals surface area contributed by atoms with Gasteiger partial charge in [-0.2, -0.15) is 0 Å². The predicted octanol–water partition coefficient (Wildman–Crippen LogP) is 1.86. The van der Waals surface area contributed by atoms with Crippen molar-refractivity contribution < 1.29 is 5.11 Å². The summed E-state index contributed by atoms with van der Waals surface area (Å²) >= 11 is 0. The Morgan fingerprint density at radius 2 is 2.11 bits per heavy atom. The average molecular weight is 260 g/mol. The first kappa shape index (κ1) is 12.9. The zero-order chi connectivity index (χ0) is 13.3. The number of hydrogen-bond donors (Lipinski definition) is 2. The summed E-state index contributed by atoms with van der Waals surface area (Å²) in [6.45, 7) is 5.88. The Hall–Kier alpha value is -1.06. The molecule has 2 aliphatic heterocycles. The van der Waals surface area contributed by atoms with E-state index in [9.17, 15) is 5.11 Å². The van der Waals surface area contributed by atoms with Crippen LogP contribution in [0, 0.1) is 6.92 Å². The predicted molar refractivity (Wildman–Crippen MR) is 78.8 cm³/mol. The summed E-state index contributed by atoms with van der Waals surface area (Å²) in [5, 5.41) is 14.0. The smallest absolute Gasteiger partial charge is 0.0845 e. The van der Waals surface area contributed by atoms with Gasteiger partial charge < -0.3 is 15.3 Å². The van der Waals surface area contributed by atoms with E-state index >= 15 is 0 Å². The number of piperidine rings is 1. The van der Waals surface area contributed by atoms with Gasteiger partial charge in [0, 0.05) is 18.8 Å². The fourth-order valence-electron chi connectivity index (χ4n) is 3.37. The molecule has 3 heteroatoms. The molecule has 1 saturated heterocycles. The van der Waals surface area contributed by atoms with Gasteiger partial charge in [-0.15, -0.1) is 0 Å². The Balaban J connectivity index is 1.79. The third-order valence-corrected chi connectivity index (χ3v) is 4.47. The summed E-state index contributed by atoms with van der Waals surface area (Å²) in [6, 6.07) is 6.71. The molecule has 0 saturated carbocycles. The Kier molecular flexibility index (Phi) is 3.50. The van der Waals surface area contributed by atoms with Gasteiger partial charge in [0.2, 0.25) is 0 Å². The first-order chi connectivity index (χ1) is 9.16. The maximum Gasteiger partial charge on any atom is 0.0845 e. The summed E-state index contributed by atoms with van der Waals surface area (Å²) in [5.74, 6) is 0. The van der Waals surface area contributed by atoms with E-state index in [1.54, 1.807) is 0 Å². The van der Waals surface area contributed by atoms with Crippen molar-refractivity contribution in [1.29, 1.82) is 0 Å². The van der Waals surface area contributed by atoms with Crippen LogP contribution >= 0.6 is 0 Å². The van der Waals surface area contributed by atoms with Crippen LogP contribution in [-0.4, -0.2) is 36.9 Å². The first-order valence-electron chi connectivity index (χ1n) is 7.44. The van der Waals surface area contributed by atoms with E-state index in [0.29, 0.717) is 0 Å². The summed E-state index contributed by atoms with van der Waals surface area (Å²) in [7, 11) is 0. The highest BCUT2D eigenvalue weighted by atomic mass is 16.3. The van der Waals surface area contributed by atoms with Gasteiger partial charge in [0.15, 0.2) is 0 Å². The molecule has 0 radical (unpaired) electrons. The quantitative estimate of drug-likeness (QED) is 0.852. The largest absolute Gasteiger partial charge is 0.388 e. The van der Waals surface area contributed by atoms with Gasteiger partial charge in [0.1, 0.15) is 0 Å². The molecular formula is C16H24N2O. The number of aryl methyl sites for hydroxylation is 2. The molecule has 0 aromatic heterocycles. The Morgan fingerprint density at radius 3 is 2.89 bits per heavy atom. The van der Waals surface area contributed by atoms with Crippen LogP contribution in [0.4, 0.5) is 5.69 Å². The van der Waals surface area contributed by atoms with Crippen LogP contribution in [0.2, 0.25) is 0 Å². The topological polar surface area (TPSA) is 35.5 Å². The van der Waals surface area contributed by atoms with Crippen molar-refractivity contribution in [2.24, 2.45) is 0 Å². The third kappa shape index (κ3) is 2.77. The van der Waals surface area contributed by atoms with Gasteiger partial charge in [0.25, 0.3) is 0 Å². The molecule has 1 fully saturated rings. The summed E-state index contributed by atoms with van der Waals surface area (Å²) in [6.07, 6.45) is 4.10. The van der Waals surface area contributed by atoms with Crippen molar-refractivity contribution >= 4 is 5.69 Å². The molecule has 0 amide bonds. The lowest BCUT2D eigenvalue weighted by Crippen LogP contribution is -2.50. The molecule has 0 aliphatic carbocycles. The maximum atomic E-state index is 10.7. The molecule has 0 bridgehead atoms. The molecule has 0 spiro atoms. The van der Waals surface area contributed by atoms with Crippen LogP contribution in [0.15, 0.2) is 18.2 Å². The number of aliphatic hydroxyl groups is 1. The van der Waals surface area contributed by atoms with Crippen LogP contribution in [0.3, 0.4) is 0 Å². The number of β-amino-alcohol motifs (C(OH)–C–C–N with tert-alkyl or cyclic N) is 1. The lowest BCUT2D eigenvalue weighted by Gasteiger charge is -2.40. The second-order valence-corrected chi connectivity index (χ2v) is 6.13. The SMILES string of the molecule is Cc1ccc2c(c1)CCCN2CC1(O)CCNCC1. The van der Waals surface area contributed by atoms with Crippen LogP contribution in [0.1, 0.15) is 30.4 Å². The molecule has 104 valence electrons. The Bertz CT molecular complexity index is 452. The number of nitrogens with zero attached hydrogens (tertiary/aromatic N) is 1. The Labute approximate surface area is 115 Å². The van der Waals surface area contributed by atoms with E-state index in [1.807, 2.05) is 0 Å². The summed E-state index contributed by atoms with van der Waals surface area (Å²) < 4.78 is 0. The summed E-state index contributed by atoms with van der Waals surface area (Å²) in [4.78, 5) is 2.39.